The quantitative estimate of drug-likeness (QED) is 0.757. The van der Waals surface area contributed by atoms with Crippen molar-refractivity contribution in [3.63, 3.8) is 0 Å². The Labute approximate surface area is 134 Å². The predicted molar refractivity (Wildman–Crippen MR) is 88.7 cm³/mol. The number of ether oxygens (including phenoxy) is 3. The molecule has 4 heteroatoms. The fourth-order valence-electron chi connectivity index (χ4n) is 2.51. The van der Waals surface area contributed by atoms with Crippen LogP contribution in [0.5, 0.6) is 11.5 Å². The molecule has 0 saturated carbocycles. The minimum Gasteiger partial charge on any atom is -0.490 e. The molecule has 1 aromatic rings. The number of hydrogen-bond acceptors (Lipinski definition) is 4. The second-order valence-corrected chi connectivity index (χ2v) is 5.82. The number of hydrogen-bond donors (Lipinski definition) is 1. The van der Waals surface area contributed by atoms with Gasteiger partial charge < -0.3 is 19.5 Å². The van der Waals surface area contributed by atoms with Crippen LogP contribution in [-0.4, -0.2) is 32.0 Å². The highest BCUT2D eigenvalue weighted by Gasteiger charge is 2.15. The summed E-state index contributed by atoms with van der Waals surface area (Å²) in [5.74, 6) is 1.67. The Morgan fingerprint density at radius 1 is 1.32 bits per heavy atom. The molecule has 2 rings (SSSR count). The van der Waals surface area contributed by atoms with E-state index >= 15 is 0 Å². The van der Waals surface area contributed by atoms with Crippen LogP contribution in [0, 0.1) is 0 Å². The monoisotopic (exact) mass is 307 g/mol. The normalized spacial score (nSPS) is 19.1. The first kappa shape index (κ1) is 17.1. The Hall–Kier alpha value is -1.26. The van der Waals surface area contributed by atoms with Crippen LogP contribution in [-0.2, 0) is 11.3 Å². The van der Waals surface area contributed by atoms with Gasteiger partial charge in [0, 0.05) is 19.7 Å². The summed E-state index contributed by atoms with van der Waals surface area (Å²) in [6.45, 7) is 9.47. The van der Waals surface area contributed by atoms with E-state index in [4.69, 9.17) is 14.2 Å². The average molecular weight is 307 g/mol. The number of benzene rings is 1. The second kappa shape index (κ2) is 9.01. The van der Waals surface area contributed by atoms with Gasteiger partial charge in [-0.3, -0.25) is 0 Å². The Kier molecular flexibility index (Phi) is 7.00. The van der Waals surface area contributed by atoms with Crippen molar-refractivity contribution in [2.45, 2.75) is 58.8 Å². The average Bonchev–Trinajstić information content (AvgIpc) is 3.03. The molecule has 0 amide bonds. The van der Waals surface area contributed by atoms with Crippen LogP contribution in [0.2, 0.25) is 0 Å². The van der Waals surface area contributed by atoms with Gasteiger partial charge in [0.2, 0.25) is 0 Å². The van der Waals surface area contributed by atoms with Crippen molar-refractivity contribution < 1.29 is 14.2 Å². The summed E-state index contributed by atoms with van der Waals surface area (Å²) in [4.78, 5) is 0. The zero-order valence-corrected chi connectivity index (χ0v) is 14.1. The molecule has 2 atom stereocenters. The van der Waals surface area contributed by atoms with Crippen LogP contribution in [0.15, 0.2) is 18.2 Å². The van der Waals surface area contributed by atoms with Gasteiger partial charge in [0.05, 0.1) is 18.8 Å². The Morgan fingerprint density at radius 3 is 2.86 bits per heavy atom. The van der Waals surface area contributed by atoms with Crippen LogP contribution >= 0.6 is 0 Å². The molecule has 0 aromatic heterocycles. The van der Waals surface area contributed by atoms with Crippen molar-refractivity contribution in [3.8, 4) is 11.5 Å². The molecule has 124 valence electrons. The van der Waals surface area contributed by atoms with E-state index in [1.807, 2.05) is 13.0 Å². The summed E-state index contributed by atoms with van der Waals surface area (Å²) in [6.07, 6.45) is 3.90. The van der Waals surface area contributed by atoms with Crippen molar-refractivity contribution in [1.29, 1.82) is 0 Å². The lowest BCUT2D eigenvalue weighted by Crippen LogP contribution is -2.25. The van der Waals surface area contributed by atoms with Gasteiger partial charge in [-0.25, -0.2) is 0 Å². The fraction of sp³-hybridized carbons (Fsp3) is 0.667. The molecule has 0 bridgehead atoms. The van der Waals surface area contributed by atoms with E-state index in [0.717, 1.165) is 37.6 Å². The van der Waals surface area contributed by atoms with E-state index in [1.165, 1.54) is 18.4 Å². The van der Waals surface area contributed by atoms with Crippen molar-refractivity contribution in [2.24, 2.45) is 0 Å². The molecular formula is C18H29NO3. The standard InChI is InChI=1S/C18H29NO3/c1-4-14(3)22-17-9-8-15(11-18(17)20-5-2)12-19-13-16-7-6-10-21-16/h8-9,11,14,16,19H,4-7,10,12-13H2,1-3H3/t14-,16+/m1/s1. The van der Waals surface area contributed by atoms with Crippen LogP contribution in [0.3, 0.4) is 0 Å². The van der Waals surface area contributed by atoms with Crippen LogP contribution in [0.4, 0.5) is 0 Å². The molecule has 22 heavy (non-hydrogen) atoms. The second-order valence-electron chi connectivity index (χ2n) is 5.82. The zero-order valence-electron chi connectivity index (χ0n) is 14.1. The highest BCUT2D eigenvalue weighted by atomic mass is 16.5. The first-order valence-electron chi connectivity index (χ1n) is 8.47. The molecule has 1 N–H and O–H groups in total. The first-order chi connectivity index (χ1) is 10.7. The Bertz CT molecular complexity index is 444. The molecule has 0 aliphatic carbocycles. The molecule has 4 nitrogen and oxygen atoms in total. The van der Waals surface area contributed by atoms with E-state index in [1.54, 1.807) is 0 Å². The van der Waals surface area contributed by atoms with E-state index in [9.17, 15) is 0 Å². The summed E-state index contributed by atoms with van der Waals surface area (Å²) in [7, 11) is 0. The molecular weight excluding hydrogens is 278 g/mol. The molecule has 0 unspecified atom stereocenters. The third-order valence-electron chi connectivity index (χ3n) is 3.94. The van der Waals surface area contributed by atoms with Crippen LogP contribution < -0.4 is 14.8 Å². The van der Waals surface area contributed by atoms with Gasteiger partial charge in [-0.1, -0.05) is 13.0 Å². The minimum absolute atomic E-state index is 0.197. The minimum atomic E-state index is 0.197. The summed E-state index contributed by atoms with van der Waals surface area (Å²) >= 11 is 0. The van der Waals surface area contributed by atoms with Crippen molar-refractivity contribution in [3.05, 3.63) is 23.8 Å². The molecule has 0 radical (unpaired) electrons. The van der Waals surface area contributed by atoms with Gasteiger partial charge in [0.15, 0.2) is 11.5 Å². The van der Waals surface area contributed by atoms with Gasteiger partial charge in [0.25, 0.3) is 0 Å². The van der Waals surface area contributed by atoms with Crippen molar-refractivity contribution in [1.82, 2.24) is 5.32 Å². The smallest absolute Gasteiger partial charge is 0.161 e. The van der Waals surface area contributed by atoms with E-state index in [0.29, 0.717) is 12.7 Å². The van der Waals surface area contributed by atoms with Gasteiger partial charge in [-0.15, -0.1) is 0 Å². The molecule has 0 spiro atoms. The molecule has 1 aliphatic rings. The maximum absolute atomic E-state index is 5.92. The highest BCUT2D eigenvalue weighted by Crippen LogP contribution is 2.29. The number of rotatable bonds is 9. The van der Waals surface area contributed by atoms with Gasteiger partial charge in [-0.05, 0) is 50.8 Å². The summed E-state index contributed by atoms with van der Waals surface area (Å²) in [5.41, 5.74) is 1.21. The van der Waals surface area contributed by atoms with Crippen LogP contribution in [0.1, 0.15) is 45.6 Å². The van der Waals surface area contributed by atoms with E-state index in [2.05, 4.69) is 31.3 Å². The topological polar surface area (TPSA) is 39.7 Å². The molecule has 1 aliphatic heterocycles. The van der Waals surface area contributed by atoms with Crippen molar-refractivity contribution >= 4 is 0 Å². The third kappa shape index (κ3) is 5.18. The van der Waals surface area contributed by atoms with Gasteiger partial charge in [-0.2, -0.15) is 0 Å². The lowest BCUT2D eigenvalue weighted by molar-refractivity contribution is 0.110. The lowest BCUT2D eigenvalue weighted by atomic mass is 10.2. The summed E-state index contributed by atoms with van der Waals surface area (Å²) < 4.78 is 17.3. The Morgan fingerprint density at radius 2 is 2.18 bits per heavy atom. The molecule has 1 heterocycles. The van der Waals surface area contributed by atoms with Crippen LogP contribution in [0.25, 0.3) is 0 Å². The van der Waals surface area contributed by atoms with E-state index < -0.39 is 0 Å². The van der Waals surface area contributed by atoms with E-state index in [-0.39, 0.29) is 6.10 Å². The van der Waals surface area contributed by atoms with Gasteiger partial charge >= 0.3 is 0 Å². The Balaban J connectivity index is 1.91. The first-order valence-corrected chi connectivity index (χ1v) is 8.47. The maximum atomic E-state index is 5.92. The SMILES string of the molecule is CCOc1cc(CNC[C@@H]2CCCO2)ccc1O[C@H](C)CC. The maximum Gasteiger partial charge on any atom is 0.161 e. The highest BCUT2D eigenvalue weighted by molar-refractivity contribution is 5.43. The molecule has 1 saturated heterocycles. The van der Waals surface area contributed by atoms with Crippen molar-refractivity contribution in [2.75, 3.05) is 19.8 Å². The fourth-order valence-corrected chi connectivity index (χ4v) is 2.51. The molecule has 1 aromatic carbocycles. The largest absolute Gasteiger partial charge is 0.490 e. The molecule has 1 fully saturated rings. The van der Waals surface area contributed by atoms with Gasteiger partial charge in [0.1, 0.15) is 0 Å². The third-order valence-corrected chi connectivity index (χ3v) is 3.94. The number of nitrogens with one attached hydrogen (secondary N) is 1. The zero-order chi connectivity index (χ0) is 15.8. The summed E-state index contributed by atoms with van der Waals surface area (Å²) in [5, 5.41) is 3.46. The summed E-state index contributed by atoms with van der Waals surface area (Å²) in [6, 6.07) is 6.19. The lowest BCUT2D eigenvalue weighted by Gasteiger charge is -2.17. The predicted octanol–water partition coefficient (Wildman–Crippen LogP) is 3.53.